The lowest BCUT2D eigenvalue weighted by Crippen LogP contribution is -1.96. The van der Waals surface area contributed by atoms with Gasteiger partial charge in [-0.05, 0) is 95.7 Å². The molecule has 12 rings (SSSR count). The SMILES string of the molecule is c1ccc(-c2nc(-c3ccc(-c4ccc(-c5c6ccccc6cc6c5ccc5ccccc56)c5ccccc45)cc3)cc(-c3ccc4sc5ccccc5c4c3)n2)cc1. The van der Waals surface area contributed by atoms with Crippen LogP contribution in [0.15, 0.2) is 206 Å². The van der Waals surface area contributed by atoms with Crippen molar-refractivity contribution in [3.8, 4) is 56.2 Å². The number of hydrogen-bond donors (Lipinski definition) is 0. The number of fused-ring (bicyclic) bond motifs is 8. The van der Waals surface area contributed by atoms with Crippen LogP contribution in [0, 0.1) is 0 Å². The van der Waals surface area contributed by atoms with E-state index in [1.54, 1.807) is 0 Å². The van der Waals surface area contributed by atoms with Crippen molar-refractivity contribution in [2.45, 2.75) is 0 Å². The van der Waals surface area contributed by atoms with Crippen LogP contribution in [0.5, 0.6) is 0 Å². The molecule has 2 nitrogen and oxygen atoms in total. The molecule has 0 saturated heterocycles. The maximum Gasteiger partial charge on any atom is 0.160 e. The highest BCUT2D eigenvalue weighted by atomic mass is 32.1. The lowest BCUT2D eigenvalue weighted by atomic mass is 9.86. The first kappa shape index (κ1) is 33.7. The Morgan fingerprint density at radius 1 is 0.288 bits per heavy atom. The molecule has 0 atom stereocenters. The predicted octanol–water partition coefficient (Wildman–Crippen LogP) is 15.8. The number of thiophene rings is 1. The minimum Gasteiger partial charge on any atom is -0.228 e. The Hall–Kier alpha value is -7.46. The predicted molar refractivity (Wildman–Crippen MR) is 252 cm³/mol. The molecule has 0 aliphatic carbocycles. The fourth-order valence-corrected chi connectivity index (χ4v) is 10.1. The summed E-state index contributed by atoms with van der Waals surface area (Å²) in [6, 6.07) is 74.6. The van der Waals surface area contributed by atoms with Gasteiger partial charge in [-0.25, -0.2) is 9.97 Å². The van der Waals surface area contributed by atoms with Crippen LogP contribution in [0.3, 0.4) is 0 Å². The Bertz CT molecular complexity index is 3600. The first-order valence-corrected chi connectivity index (χ1v) is 20.9. The molecular formula is C56H34N2S. The summed E-state index contributed by atoms with van der Waals surface area (Å²) in [6.07, 6.45) is 0. The number of benzene rings is 10. The molecule has 12 aromatic rings. The fourth-order valence-electron chi connectivity index (χ4n) is 9.04. The van der Waals surface area contributed by atoms with Gasteiger partial charge in [0.2, 0.25) is 0 Å². The van der Waals surface area contributed by atoms with Crippen molar-refractivity contribution in [3.05, 3.63) is 206 Å². The Morgan fingerprint density at radius 3 is 1.69 bits per heavy atom. The molecule has 59 heavy (non-hydrogen) atoms. The van der Waals surface area contributed by atoms with Gasteiger partial charge in [-0.15, -0.1) is 11.3 Å². The summed E-state index contributed by atoms with van der Waals surface area (Å²) in [5.41, 5.74) is 9.82. The number of nitrogens with zero attached hydrogens (tertiary/aromatic N) is 2. The third kappa shape index (κ3) is 5.62. The summed E-state index contributed by atoms with van der Waals surface area (Å²) in [6.45, 7) is 0. The second kappa shape index (κ2) is 13.6. The molecule has 0 spiro atoms. The van der Waals surface area contributed by atoms with Gasteiger partial charge < -0.3 is 0 Å². The molecule has 2 heterocycles. The average Bonchev–Trinajstić information content (AvgIpc) is 3.69. The van der Waals surface area contributed by atoms with Gasteiger partial charge in [-0.1, -0.05) is 176 Å². The quantitative estimate of drug-likeness (QED) is 0.129. The molecule has 0 amide bonds. The summed E-state index contributed by atoms with van der Waals surface area (Å²) in [5.74, 6) is 0.716. The normalized spacial score (nSPS) is 11.7. The number of hydrogen-bond acceptors (Lipinski definition) is 3. The van der Waals surface area contributed by atoms with Gasteiger partial charge in [0.1, 0.15) is 0 Å². The molecule has 0 radical (unpaired) electrons. The lowest BCUT2D eigenvalue weighted by Gasteiger charge is -2.17. The molecule has 274 valence electrons. The van der Waals surface area contributed by atoms with Crippen molar-refractivity contribution >= 4 is 74.6 Å². The summed E-state index contributed by atoms with van der Waals surface area (Å²) >= 11 is 1.83. The highest BCUT2D eigenvalue weighted by Gasteiger charge is 2.17. The van der Waals surface area contributed by atoms with Crippen molar-refractivity contribution < 1.29 is 0 Å². The second-order valence-corrected chi connectivity index (χ2v) is 16.4. The van der Waals surface area contributed by atoms with E-state index in [2.05, 4.69) is 188 Å². The second-order valence-electron chi connectivity index (χ2n) is 15.3. The Labute approximate surface area is 345 Å². The van der Waals surface area contributed by atoms with Gasteiger partial charge in [0, 0.05) is 36.9 Å². The molecule has 0 unspecified atom stereocenters. The van der Waals surface area contributed by atoms with Crippen LogP contribution in [-0.2, 0) is 0 Å². The number of rotatable bonds is 5. The molecule has 0 fully saturated rings. The zero-order valence-electron chi connectivity index (χ0n) is 31.9. The topological polar surface area (TPSA) is 25.8 Å². The summed E-state index contributed by atoms with van der Waals surface area (Å²) in [5, 5.41) is 12.6. The first-order chi connectivity index (χ1) is 29.2. The van der Waals surface area contributed by atoms with Crippen molar-refractivity contribution in [3.63, 3.8) is 0 Å². The van der Waals surface area contributed by atoms with E-state index in [0.717, 1.165) is 33.6 Å². The third-order valence-corrected chi connectivity index (χ3v) is 13.0. The van der Waals surface area contributed by atoms with Crippen LogP contribution < -0.4 is 0 Å². The van der Waals surface area contributed by atoms with Gasteiger partial charge in [0.05, 0.1) is 11.4 Å². The molecule has 0 bridgehead atoms. The fraction of sp³-hybridized carbons (Fsp3) is 0. The van der Waals surface area contributed by atoms with Crippen LogP contribution in [0.4, 0.5) is 0 Å². The Morgan fingerprint density at radius 2 is 0.881 bits per heavy atom. The van der Waals surface area contributed by atoms with E-state index in [9.17, 15) is 0 Å². The van der Waals surface area contributed by atoms with Gasteiger partial charge in [-0.3, -0.25) is 0 Å². The maximum absolute atomic E-state index is 5.16. The minimum atomic E-state index is 0.716. The average molecular weight is 767 g/mol. The highest BCUT2D eigenvalue weighted by Crippen LogP contribution is 2.44. The number of aromatic nitrogens is 2. The molecular weight excluding hydrogens is 733 g/mol. The van der Waals surface area contributed by atoms with Crippen LogP contribution >= 0.6 is 11.3 Å². The molecule has 2 aromatic heterocycles. The van der Waals surface area contributed by atoms with Crippen molar-refractivity contribution in [1.82, 2.24) is 9.97 Å². The van der Waals surface area contributed by atoms with E-state index >= 15 is 0 Å². The Kier molecular flexibility index (Phi) is 7.75. The van der Waals surface area contributed by atoms with Gasteiger partial charge in [0.25, 0.3) is 0 Å². The van der Waals surface area contributed by atoms with Crippen LogP contribution in [-0.4, -0.2) is 9.97 Å². The van der Waals surface area contributed by atoms with Gasteiger partial charge >= 0.3 is 0 Å². The van der Waals surface area contributed by atoms with Crippen LogP contribution in [0.2, 0.25) is 0 Å². The smallest absolute Gasteiger partial charge is 0.160 e. The standard InChI is InChI=1S/C56H34N2S/c1-2-13-38(14-3-1)56-57-51(34-52(58-56)40-27-31-54-50(33-40)46-20-10-11-21-53(46)59-54)37-24-22-36(23-25-37)42-29-30-47(45-19-9-8-18-44(42)45)55-43-17-7-5-15-39(43)32-49-41-16-6-4-12-35(41)26-28-48(49)55/h1-34H. The minimum absolute atomic E-state index is 0.716. The Balaban J connectivity index is 0.982. The van der Waals surface area contributed by atoms with E-state index in [0.29, 0.717) is 5.82 Å². The monoisotopic (exact) mass is 766 g/mol. The van der Waals surface area contributed by atoms with Crippen LogP contribution in [0.1, 0.15) is 0 Å². The third-order valence-electron chi connectivity index (χ3n) is 11.9. The van der Waals surface area contributed by atoms with E-state index in [1.807, 2.05) is 29.5 Å². The zero-order valence-corrected chi connectivity index (χ0v) is 32.7. The van der Waals surface area contributed by atoms with Crippen molar-refractivity contribution in [1.29, 1.82) is 0 Å². The van der Waals surface area contributed by atoms with Crippen molar-refractivity contribution in [2.75, 3.05) is 0 Å². The van der Waals surface area contributed by atoms with Crippen molar-refractivity contribution in [2.24, 2.45) is 0 Å². The molecule has 0 saturated carbocycles. The molecule has 3 heteroatoms. The largest absolute Gasteiger partial charge is 0.228 e. The molecule has 0 aliphatic heterocycles. The van der Waals surface area contributed by atoms with Gasteiger partial charge in [0.15, 0.2) is 5.82 Å². The van der Waals surface area contributed by atoms with E-state index in [1.165, 1.54) is 80.0 Å². The van der Waals surface area contributed by atoms with Gasteiger partial charge in [-0.2, -0.15) is 0 Å². The lowest BCUT2D eigenvalue weighted by molar-refractivity contribution is 1.18. The van der Waals surface area contributed by atoms with Crippen LogP contribution in [0.25, 0.3) is 119 Å². The summed E-state index contributed by atoms with van der Waals surface area (Å²) in [7, 11) is 0. The summed E-state index contributed by atoms with van der Waals surface area (Å²) < 4.78 is 2.58. The molecule has 0 aliphatic rings. The van der Waals surface area contributed by atoms with E-state index in [-0.39, 0.29) is 0 Å². The highest BCUT2D eigenvalue weighted by molar-refractivity contribution is 7.25. The molecule has 0 N–H and O–H groups in total. The first-order valence-electron chi connectivity index (χ1n) is 20.1. The van der Waals surface area contributed by atoms with E-state index in [4.69, 9.17) is 9.97 Å². The summed E-state index contributed by atoms with van der Waals surface area (Å²) in [4.78, 5) is 10.3. The maximum atomic E-state index is 5.16. The zero-order chi connectivity index (χ0) is 38.9. The molecule has 10 aromatic carbocycles. The van der Waals surface area contributed by atoms with E-state index < -0.39 is 0 Å².